The van der Waals surface area contributed by atoms with Crippen molar-refractivity contribution in [2.24, 2.45) is 0 Å². The molecule has 2 heterocycles. The lowest BCUT2D eigenvalue weighted by molar-refractivity contribution is -0.253. The fourth-order valence-electron chi connectivity index (χ4n) is 5.48. The number of nitrogens with one attached hydrogen (secondary N) is 1. The van der Waals surface area contributed by atoms with Gasteiger partial charge in [0.25, 0.3) is 5.91 Å². The summed E-state index contributed by atoms with van der Waals surface area (Å²) in [5, 5.41) is 12.4. The number of anilines is 1. The zero-order valence-corrected chi connectivity index (χ0v) is 24.8. The van der Waals surface area contributed by atoms with Crippen molar-refractivity contribution < 1.29 is 19.4 Å². The van der Waals surface area contributed by atoms with Crippen LogP contribution in [-0.2, 0) is 16.1 Å². The summed E-state index contributed by atoms with van der Waals surface area (Å²) in [4.78, 5) is 24.0. The molecule has 1 saturated heterocycles. The molecule has 6 rings (SSSR count). The van der Waals surface area contributed by atoms with Crippen LogP contribution in [0.2, 0.25) is 0 Å². The maximum absolute atomic E-state index is 12.9. The number of likely N-dealkylation sites (N-methyl/N-ethyl adjacent to an activating group) is 1. The average molecular weight is 589 g/mol. The van der Waals surface area contributed by atoms with Crippen LogP contribution >= 0.6 is 0 Å². The van der Waals surface area contributed by atoms with Crippen LogP contribution in [0.15, 0.2) is 109 Å². The fourth-order valence-corrected chi connectivity index (χ4v) is 5.48. The van der Waals surface area contributed by atoms with Crippen molar-refractivity contribution in [1.82, 2.24) is 14.9 Å². The zero-order valence-electron chi connectivity index (χ0n) is 24.8. The largest absolute Gasteiger partial charge is 0.392 e. The number of ether oxygens (including phenoxy) is 2. The first kappa shape index (κ1) is 29.6. The highest BCUT2D eigenvalue weighted by molar-refractivity contribution is 6.03. The molecule has 0 bridgehead atoms. The van der Waals surface area contributed by atoms with E-state index in [0.717, 1.165) is 28.8 Å². The van der Waals surface area contributed by atoms with Crippen LogP contribution in [0.25, 0.3) is 11.0 Å². The molecule has 0 saturated carbocycles. The lowest BCUT2D eigenvalue weighted by Crippen LogP contribution is -2.38. The van der Waals surface area contributed by atoms with Crippen molar-refractivity contribution in [1.29, 1.82) is 0 Å². The summed E-state index contributed by atoms with van der Waals surface area (Å²) in [6.45, 7) is 2.93. The third-order valence-corrected chi connectivity index (χ3v) is 8.17. The van der Waals surface area contributed by atoms with E-state index in [1.165, 1.54) is 11.8 Å². The van der Waals surface area contributed by atoms with Gasteiger partial charge in [-0.05, 0) is 54.9 Å². The maximum Gasteiger partial charge on any atom is 0.275 e. The second-order valence-corrected chi connectivity index (χ2v) is 11.2. The van der Waals surface area contributed by atoms with Gasteiger partial charge in [0.05, 0.1) is 36.0 Å². The molecule has 0 unspecified atom stereocenters. The number of aliphatic hydroxyl groups is 1. The van der Waals surface area contributed by atoms with Gasteiger partial charge in [-0.3, -0.25) is 14.7 Å². The Hall–Kier alpha value is -4.47. The number of carbonyl (C=O) groups is 1. The summed E-state index contributed by atoms with van der Waals surface area (Å²) in [5.74, 6) is -0.330. The number of benzene rings is 4. The Morgan fingerprint density at radius 2 is 1.59 bits per heavy atom. The molecule has 44 heavy (non-hydrogen) atoms. The quantitative estimate of drug-likeness (QED) is 0.200. The summed E-state index contributed by atoms with van der Waals surface area (Å²) in [6, 6.07) is 33.5. The molecule has 0 radical (unpaired) electrons. The van der Waals surface area contributed by atoms with Crippen LogP contribution in [0, 0.1) is 0 Å². The maximum atomic E-state index is 12.9. The minimum absolute atomic E-state index is 0.00133. The van der Waals surface area contributed by atoms with Crippen molar-refractivity contribution in [3.05, 3.63) is 137 Å². The Balaban J connectivity index is 1.18. The van der Waals surface area contributed by atoms with Crippen molar-refractivity contribution in [2.45, 2.75) is 44.5 Å². The van der Waals surface area contributed by atoms with Crippen LogP contribution in [0.5, 0.6) is 0 Å². The lowest BCUT2D eigenvalue weighted by Gasteiger charge is -2.39. The number of para-hydroxylation sites is 2. The molecule has 4 aromatic carbocycles. The number of hydrogen-bond donors (Lipinski definition) is 2. The van der Waals surface area contributed by atoms with E-state index in [1.807, 2.05) is 78.9 Å². The topological polar surface area (TPSA) is 96.8 Å². The summed E-state index contributed by atoms with van der Waals surface area (Å²) in [7, 11) is 2.12. The Labute approximate surface area is 257 Å². The number of rotatable bonds is 9. The summed E-state index contributed by atoms with van der Waals surface area (Å²) < 4.78 is 13.1. The highest BCUT2D eigenvalue weighted by Gasteiger charge is 2.33. The number of amides is 1. The second-order valence-electron chi connectivity index (χ2n) is 11.2. The molecule has 1 amide bonds. The molecule has 0 spiro atoms. The van der Waals surface area contributed by atoms with Crippen molar-refractivity contribution in [2.75, 3.05) is 18.9 Å². The van der Waals surface area contributed by atoms with Crippen LogP contribution in [0.3, 0.4) is 0 Å². The van der Waals surface area contributed by atoms with Gasteiger partial charge in [0.1, 0.15) is 5.69 Å². The molecular formula is C36H36N4O4. The first-order chi connectivity index (χ1) is 21.5. The molecule has 0 aliphatic carbocycles. The van der Waals surface area contributed by atoms with Gasteiger partial charge in [0.2, 0.25) is 0 Å². The van der Waals surface area contributed by atoms with Crippen LogP contribution in [-0.4, -0.2) is 45.6 Å². The van der Waals surface area contributed by atoms with E-state index in [4.69, 9.17) is 9.47 Å². The smallest absolute Gasteiger partial charge is 0.275 e. The molecule has 4 atom stereocenters. The average Bonchev–Trinajstić information content (AvgIpc) is 3.08. The SMILES string of the molecule is C[C@@H](c1ccccc1)N(C)C[C@H]1C[C@@H](c2ccc(CO)cc2)O[C@@H](c2ccc(NC(=O)c3cnc4ccccc4n3)cc2)O1. The van der Waals surface area contributed by atoms with Gasteiger partial charge >= 0.3 is 0 Å². The van der Waals surface area contributed by atoms with Gasteiger partial charge in [-0.25, -0.2) is 4.98 Å². The Kier molecular flexibility index (Phi) is 9.04. The summed E-state index contributed by atoms with van der Waals surface area (Å²) in [6.07, 6.45) is 1.32. The third-order valence-electron chi connectivity index (χ3n) is 8.17. The summed E-state index contributed by atoms with van der Waals surface area (Å²) in [5.41, 5.74) is 6.30. The minimum atomic E-state index is -0.590. The van der Waals surface area contributed by atoms with Gasteiger partial charge in [-0.1, -0.05) is 78.9 Å². The van der Waals surface area contributed by atoms with Gasteiger partial charge in [0, 0.05) is 30.3 Å². The number of aromatic nitrogens is 2. The molecule has 5 aromatic rings. The predicted octanol–water partition coefficient (Wildman–Crippen LogP) is 6.61. The van der Waals surface area contributed by atoms with Gasteiger partial charge < -0.3 is 19.9 Å². The Morgan fingerprint density at radius 1 is 0.909 bits per heavy atom. The monoisotopic (exact) mass is 588 g/mol. The van der Waals surface area contributed by atoms with Gasteiger partial charge in [-0.15, -0.1) is 0 Å². The second kappa shape index (κ2) is 13.4. The Morgan fingerprint density at radius 3 is 2.32 bits per heavy atom. The standard InChI is InChI=1S/C36H36N4O4/c1-24(26-8-4-3-5-9-26)40(2)22-30-20-34(27-14-12-25(23-41)13-15-27)44-36(43-30)28-16-18-29(19-17-28)38-35(42)33-21-37-31-10-6-7-11-32(31)39-33/h3-19,21,24,30,34,36,41H,20,22-23H2,1-2H3,(H,38,42)/t24-,30+,34-,36-/m0/s1. The minimum Gasteiger partial charge on any atom is -0.392 e. The zero-order chi connectivity index (χ0) is 30.5. The highest BCUT2D eigenvalue weighted by atomic mass is 16.7. The van der Waals surface area contributed by atoms with E-state index in [0.29, 0.717) is 17.6 Å². The molecule has 1 aliphatic heterocycles. The first-order valence-corrected chi connectivity index (χ1v) is 14.9. The van der Waals surface area contributed by atoms with Crippen molar-refractivity contribution in [3.8, 4) is 0 Å². The fraction of sp³-hybridized carbons (Fsp3) is 0.250. The molecule has 1 fully saturated rings. The number of fused-ring (bicyclic) bond motifs is 1. The molecule has 1 aliphatic rings. The van der Waals surface area contributed by atoms with Crippen LogP contribution in [0.4, 0.5) is 5.69 Å². The van der Waals surface area contributed by atoms with Crippen molar-refractivity contribution in [3.63, 3.8) is 0 Å². The Bertz CT molecular complexity index is 1700. The molecule has 224 valence electrons. The van der Waals surface area contributed by atoms with E-state index >= 15 is 0 Å². The summed E-state index contributed by atoms with van der Waals surface area (Å²) >= 11 is 0. The van der Waals surface area contributed by atoms with Crippen LogP contribution in [0.1, 0.15) is 64.5 Å². The van der Waals surface area contributed by atoms with Gasteiger partial charge in [0.15, 0.2) is 6.29 Å². The molecule has 8 heteroatoms. The first-order valence-electron chi connectivity index (χ1n) is 14.9. The molecular weight excluding hydrogens is 552 g/mol. The molecule has 1 aromatic heterocycles. The third kappa shape index (κ3) is 6.85. The van der Waals surface area contributed by atoms with E-state index in [2.05, 4.69) is 58.4 Å². The normalized spacial score (nSPS) is 19.1. The lowest BCUT2D eigenvalue weighted by atomic mass is 9.99. The number of aliphatic hydroxyl groups excluding tert-OH is 1. The van der Waals surface area contributed by atoms with E-state index in [1.54, 1.807) is 0 Å². The van der Waals surface area contributed by atoms with E-state index in [-0.39, 0.29) is 36.5 Å². The predicted molar refractivity (Wildman–Crippen MR) is 170 cm³/mol. The number of carbonyl (C=O) groups excluding carboxylic acids is 1. The van der Waals surface area contributed by atoms with Crippen LogP contribution < -0.4 is 5.32 Å². The number of nitrogens with zero attached hydrogens (tertiary/aromatic N) is 3. The van der Waals surface area contributed by atoms with E-state index in [9.17, 15) is 9.90 Å². The van der Waals surface area contributed by atoms with E-state index < -0.39 is 6.29 Å². The van der Waals surface area contributed by atoms with Crippen molar-refractivity contribution >= 4 is 22.6 Å². The molecule has 2 N–H and O–H groups in total. The van der Waals surface area contributed by atoms with Gasteiger partial charge in [-0.2, -0.15) is 0 Å². The highest BCUT2D eigenvalue weighted by Crippen LogP contribution is 2.39. The molecule has 8 nitrogen and oxygen atoms in total. The number of hydrogen-bond acceptors (Lipinski definition) is 7.